The van der Waals surface area contributed by atoms with Gasteiger partial charge in [-0.1, -0.05) is 46.9 Å². The first-order valence-electron chi connectivity index (χ1n) is 6.05. The molecule has 2 aromatic rings. The van der Waals surface area contributed by atoms with Crippen LogP contribution < -0.4 is 0 Å². The molecule has 0 aliphatic rings. The van der Waals surface area contributed by atoms with Gasteiger partial charge < -0.3 is 0 Å². The van der Waals surface area contributed by atoms with Crippen LogP contribution in [0.4, 0.5) is 0 Å². The molecule has 0 fully saturated rings. The maximum Gasteiger partial charge on any atom is 0.0639 e. The van der Waals surface area contributed by atoms with Crippen LogP contribution in [0.25, 0.3) is 11.1 Å². The number of hydrogen-bond acceptors (Lipinski definition) is 0. The van der Waals surface area contributed by atoms with E-state index in [1.54, 1.807) is 12.1 Å². The number of halogens is 3. The predicted molar refractivity (Wildman–Crippen MR) is 66.9 cm³/mol. The van der Waals surface area contributed by atoms with Crippen molar-refractivity contribution in [3.05, 3.63) is 57.4 Å². The Balaban J connectivity index is 2.87. The van der Waals surface area contributed by atoms with Crippen LogP contribution >= 0.6 is 34.8 Å². The average Bonchev–Trinajstić information content (AvgIpc) is 2.38. The minimum atomic E-state index is -0.297. The molecule has 15 heavy (non-hydrogen) atoms. The van der Waals surface area contributed by atoms with Crippen LogP contribution in [0.1, 0.15) is 5.48 Å². The highest BCUT2D eigenvalue weighted by atomic mass is 35.5. The van der Waals surface area contributed by atoms with Gasteiger partial charge in [0.25, 0.3) is 0 Å². The molecule has 76 valence electrons. The smallest absolute Gasteiger partial charge is 0.0639 e. The van der Waals surface area contributed by atoms with E-state index in [4.69, 9.17) is 40.3 Å². The summed E-state index contributed by atoms with van der Waals surface area (Å²) < 4.78 is 31.2. The van der Waals surface area contributed by atoms with Gasteiger partial charge in [-0.05, 0) is 35.8 Å². The molecule has 3 heteroatoms. The second-order valence-electron chi connectivity index (χ2n) is 2.81. The molecule has 0 aliphatic heterocycles. The first kappa shape index (κ1) is 6.80. The predicted octanol–water partition coefficient (Wildman–Crippen LogP) is 5.31. The fourth-order valence-corrected chi connectivity index (χ4v) is 1.60. The number of hydrogen-bond donors (Lipinski definition) is 0. The summed E-state index contributed by atoms with van der Waals surface area (Å²) >= 11 is 17.7. The Labute approximate surface area is 109 Å². The van der Waals surface area contributed by atoms with Gasteiger partial charge in [0.15, 0.2) is 0 Å². The Bertz CT molecular complexity index is 642. The van der Waals surface area contributed by atoms with Crippen molar-refractivity contribution in [2.24, 2.45) is 0 Å². The normalized spacial score (nSPS) is 14.1. The molecule has 0 unspecified atom stereocenters. The van der Waals surface area contributed by atoms with Gasteiger partial charge in [-0.2, -0.15) is 0 Å². The molecule has 0 nitrogen and oxygen atoms in total. The third kappa shape index (κ3) is 2.46. The van der Waals surface area contributed by atoms with Crippen LogP contribution in [0.15, 0.2) is 42.4 Å². The zero-order valence-electron chi connectivity index (χ0n) is 11.4. The Hall–Kier alpha value is -0.690. The van der Waals surface area contributed by atoms with Gasteiger partial charge in [-0.15, -0.1) is 0 Å². The van der Waals surface area contributed by atoms with E-state index in [9.17, 15) is 0 Å². The summed E-state index contributed by atoms with van der Waals surface area (Å²) in [4.78, 5) is 0. The molecular formula is C12H7Cl3. The first-order chi connectivity index (χ1) is 8.84. The zero-order valence-corrected chi connectivity index (χ0v) is 9.63. The van der Waals surface area contributed by atoms with Crippen LogP contribution in [0, 0.1) is 0 Å². The van der Waals surface area contributed by atoms with Crippen molar-refractivity contribution in [3.8, 4) is 11.1 Å². The summed E-state index contributed by atoms with van der Waals surface area (Å²) in [6, 6.07) is 3.55. The number of rotatable bonds is 1. The fourth-order valence-electron chi connectivity index (χ4n) is 1.12. The quantitative estimate of drug-likeness (QED) is 0.652. The maximum absolute atomic E-state index is 7.90. The highest BCUT2D eigenvalue weighted by molar-refractivity contribution is 6.35. The minimum absolute atomic E-state index is 0.0897. The van der Waals surface area contributed by atoms with Crippen LogP contribution in [-0.4, -0.2) is 0 Å². The van der Waals surface area contributed by atoms with E-state index >= 15 is 0 Å². The van der Waals surface area contributed by atoms with Crippen LogP contribution in [0.3, 0.4) is 0 Å². The van der Waals surface area contributed by atoms with Crippen molar-refractivity contribution in [1.82, 2.24) is 0 Å². The van der Waals surface area contributed by atoms with Crippen molar-refractivity contribution in [1.29, 1.82) is 0 Å². The Morgan fingerprint density at radius 1 is 0.867 bits per heavy atom. The lowest BCUT2D eigenvalue weighted by Crippen LogP contribution is -1.79. The molecule has 0 aromatic heterocycles. The zero-order chi connectivity index (χ0) is 14.3. The molecule has 0 N–H and O–H groups in total. The summed E-state index contributed by atoms with van der Waals surface area (Å²) in [7, 11) is 0. The molecule has 0 saturated carbocycles. The molecule has 0 aliphatic carbocycles. The van der Waals surface area contributed by atoms with Gasteiger partial charge in [-0.3, -0.25) is 0 Å². The maximum atomic E-state index is 7.90. The monoisotopic (exact) mass is 260 g/mol. The second kappa shape index (κ2) is 4.44. The van der Waals surface area contributed by atoms with E-state index in [1.165, 1.54) is 6.07 Å². The first-order valence-corrected chi connectivity index (χ1v) is 5.19. The van der Waals surface area contributed by atoms with Gasteiger partial charge in [-0.25, -0.2) is 0 Å². The molecule has 2 rings (SSSR count). The van der Waals surface area contributed by atoms with Crippen molar-refractivity contribution >= 4 is 34.8 Å². The second-order valence-corrected chi connectivity index (χ2v) is 4.03. The van der Waals surface area contributed by atoms with Gasteiger partial charge in [0, 0.05) is 20.6 Å². The summed E-state index contributed by atoms with van der Waals surface area (Å²) in [6.07, 6.45) is 0. The molecule has 0 radical (unpaired) electrons. The van der Waals surface area contributed by atoms with Gasteiger partial charge in [0.1, 0.15) is 0 Å². The summed E-state index contributed by atoms with van der Waals surface area (Å²) in [5.41, 5.74) is 0.440. The van der Waals surface area contributed by atoms with Crippen molar-refractivity contribution in [2.75, 3.05) is 0 Å². The Kier molecular flexibility index (Phi) is 2.01. The SMILES string of the molecule is [2H]c1c([2H])c(-c2cc(Cl)ccc2Cl)c([2H])c([2H])c1Cl. The molecule has 0 bridgehead atoms. The van der Waals surface area contributed by atoms with Crippen LogP contribution in [0.2, 0.25) is 15.1 Å². The summed E-state index contributed by atoms with van der Waals surface area (Å²) in [6.45, 7) is 0. The van der Waals surface area contributed by atoms with E-state index in [1.807, 2.05) is 0 Å². The molecule has 0 saturated heterocycles. The van der Waals surface area contributed by atoms with E-state index in [2.05, 4.69) is 0 Å². The molecule has 0 spiro atoms. The highest BCUT2D eigenvalue weighted by Gasteiger charge is 2.03. The average molecular weight is 262 g/mol. The molecule has 2 aromatic carbocycles. The topological polar surface area (TPSA) is 0 Å². The largest absolute Gasteiger partial charge is 0.0843 e. The molecule has 0 heterocycles. The van der Waals surface area contributed by atoms with Crippen LogP contribution in [0.5, 0.6) is 0 Å². The van der Waals surface area contributed by atoms with E-state index < -0.39 is 0 Å². The van der Waals surface area contributed by atoms with Gasteiger partial charge >= 0.3 is 0 Å². The lowest BCUT2D eigenvalue weighted by Gasteiger charge is -2.05. The Morgan fingerprint density at radius 2 is 1.53 bits per heavy atom. The van der Waals surface area contributed by atoms with Crippen molar-refractivity contribution in [3.63, 3.8) is 0 Å². The van der Waals surface area contributed by atoms with Gasteiger partial charge in [0.05, 0.1) is 5.48 Å². The van der Waals surface area contributed by atoms with E-state index in [-0.39, 0.29) is 34.8 Å². The molecule has 0 amide bonds. The Morgan fingerprint density at radius 3 is 2.20 bits per heavy atom. The van der Waals surface area contributed by atoms with E-state index in [0.29, 0.717) is 15.6 Å². The minimum Gasteiger partial charge on any atom is -0.0843 e. The summed E-state index contributed by atoms with van der Waals surface area (Å²) in [5.74, 6) is 0. The standard InChI is InChI=1S/C12H7Cl3/c13-9-3-1-8(2-4-9)11-7-10(14)5-6-12(11)15/h1-7H/i1D,2D,3D,4D. The lowest BCUT2D eigenvalue weighted by atomic mass is 10.1. The van der Waals surface area contributed by atoms with Gasteiger partial charge in [0.2, 0.25) is 0 Å². The third-order valence-electron chi connectivity index (χ3n) is 1.79. The van der Waals surface area contributed by atoms with Crippen molar-refractivity contribution in [2.45, 2.75) is 0 Å². The molecule has 0 atom stereocenters. The lowest BCUT2D eigenvalue weighted by molar-refractivity contribution is 1.62. The summed E-state index contributed by atoms with van der Waals surface area (Å²) in [5, 5.41) is 0.482. The third-order valence-corrected chi connectivity index (χ3v) is 2.55. The number of benzene rings is 2. The fraction of sp³-hybridized carbons (Fsp3) is 0. The molecular weight excluding hydrogens is 250 g/mol. The highest BCUT2D eigenvalue weighted by Crippen LogP contribution is 2.31. The van der Waals surface area contributed by atoms with Crippen LogP contribution in [-0.2, 0) is 0 Å². The van der Waals surface area contributed by atoms with Crippen molar-refractivity contribution < 1.29 is 5.48 Å². The van der Waals surface area contributed by atoms with E-state index in [0.717, 1.165) is 0 Å².